The standard InChI is InChI=1S/C13H17BrN2O2/c1-16(8-10-3-2-6-15-10)13(18)9-4-5-11(14)12(17)7-9/h4-5,7,10,15,17H,2-3,6,8H2,1H3. The molecular formula is C13H17BrN2O2. The molecule has 0 saturated carbocycles. The molecule has 0 aromatic heterocycles. The minimum absolute atomic E-state index is 0.0634. The normalized spacial score (nSPS) is 18.9. The number of halogens is 1. The Labute approximate surface area is 115 Å². The van der Waals surface area contributed by atoms with Gasteiger partial charge in [0.15, 0.2) is 0 Å². The summed E-state index contributed by atoms with van der Waals surface area (Å²) in [7, 11) is 1.79. The lowest BCUT2D eigenvalue weighted by Crippen LogP contribution is -2.38. The molecule has 1 aliphatic rings. The van der Waals surface area contributed by atoms with Gasteiger partial charge in [-0.2, -0.15) is 0 Å². The lowest BCUT2D eigenvalue weighted by molar-refractivity contribution is 0.0783. The highest BCUT2D eigenvalue weighted by molar-refractivity contribution is 9.10. The second kappa shape index (κ2) is 5.71. The van der Waals surface area contributed by atoms with Crippen molar-refractivity contribution in [2.45, 2.75) is 18.9 Å². The summed E-state index contributed by atoms with van der Waals surface area (Å²) in [6.07, 6.45) is 2.29. The van der Waals surface area contributed by atoms with Crippen LogP contribution < -0.4 is 5.32 Å². The zero-order valence-corrected chi connectivity index (χ0v) is 11.9. The third-order valence-electron chi connectivity index (χ3n) is 3.20. The van der Waals surface area contributed by atoms with Crippen LogP contribution in [0.5, 0.6) is 5.75 Å². The van der Waals surface area contributed by atoms with Gasteiger partial charge in [-0.05, 0) is 53.5 Å². The molecule has 1 aromatic rings. The average molecular weight is 313 g/mol. The van der Waals surface area contributed by atoms with Gasteiger partial charge in [0.25, 0.3) is 5.91 Å². The Kier molecular flexibility index (Phi) is 4.24. The quantitative estimate of drug-likeness (QED) is 0.897. The van der Waals surface area contributed by atoms with E-state index in [1.165, 1.54) is 12.5 Å². The Bertz CT molecular complexity index is 445. The molecule has 1 atom stereocenters. The number of amides is 1. The number of aromatic hydroxyl groups is 1. The van der Waals surface area contributed by atoms with Crippen molar-refractivity contribution in [1.29, 1.82) is 0 Å². The molecule has 0 radical (unpaired) electrons. The number of nitrogens with zero attached hydrogens (tertiary/aromatic N) is 1. The molecule has 1 fully saturated rings. The molecule has 2 rings (SSSR count). The van der Waals surface area contributed by atoms with Gasteiger partial charge in [0, 0.05) is 25.2 Å². The summed E-state index contributed by atoms with van der Waals surface area (Å²) in [5.41, 5.74) is 0.510. The van der Waals surface area contributed by atoms with E-state index in [0.29, 0.717) is 22.6 Å². The highest BCUT2D eigenvalue weighted by Crippen LogP contribution is 2.24. The van der Waals surface area contributed by atoms with Crippen LogP contribution in [-0.4, -0.2) is 42.1 Å². The van der Waals surface area contributed by atoms with Crippen molar-refractivity contribution in [2.24, 2.45) is 0 Å². The summed E-state index contributed by atoms with van der Waals surface area (Å²) in [6.45, 7) is 1.74. The Balaban J connectivity index is 2.02. The van der Waals surface area contributed by atoms with Crippen LogP contribution >= 0.6 is 15.9 Å². The maximum Gasteiger partial charge on any atom is 0.253 e. The maximum atomic E-state index is 12.2. The zero-order valence-electron chi connectivity index (χ0n) is 10.3. The van der Waals surface area contributed by atoms with E-state index in [1.54, 1.807) is 24.1 Å². The number of benzene rings is 1. The van der Waals surface area contributed by atoms with E-state index in [-0.39, 0.29) is 11.7 Å². The van der Waals surface area contributed by atoms with E-state index in [1.807, 2.05) is 0 Å². The fraction of sp³-hybridized carbons (Fsp3) is 0.462. The Morgan fingerprint density at radius 2 is 2.39 bits per heavy atom. The third-order valence-corrected chi connectivity index (χ3v) is 3.87. The topological polar surface area (TPSA) is 52.6 Å². The van der Waals surface area contributed by atoms with E-state index >= 15 is 0 Å². The first kappa shape index (κ1) is 13.4. The van der Waals surface area contributed by atoms with E-state index in [4.69, 9.17) is 0 Å². The summed E-state index contributed by atoms with van der Waals surface area (Å²) in [6, 6.07) is 5.28. The van der Waals surface area contributed by atoms with Gasteiger partial charge in [0.1, 0.15) is 5.75 Å². The fourth-order valence-electron chi connectivity index (χ4n) is 2.19. The second-order valence-corrected chi connectivity index (χ2v) is 5.50. The van der Waals surface area contributed by atoms with Gasteiger partial charge in [-0.1, -0.05) is 0 Å². The monoisotopic (exact) mass is 312 g/mol. The van der Waals surface area contributed by atoms with Gasteiger partial charge in [-0.3, -0.25) is 4.79 Å². The molecule has 2 N–H and O–H groups in total. The van der Waals surface area contributed by atoms with Gasteiger partial charge in [0.2, 0.25) is 0 Å². The zero-order chi connectivity index (χ0) is 13.1. The first-order valence-corrected chi connectivity index (χ1v) is 6.84. The maximum absolute atomic E-state index is 12.2. The number of nitrogens with one attached hydrogen (secondary N) is 1. The van der Waals surface area contributed by atoms with Gasteiger partial charge in [-0.15, -0.1) is 0 Å². The SMILES string of the molecule is CN(CC1CCCN1)C(=O)c1ccc(Br)c(O)c1. The molecule has 5 heteroatoms. The lowest BCUT2D eigenvalue weighted by atomic mass is 10.1. The Morgan fingerprint density at radius 3 is 3.00 bits per heavy atom. The number of phenolic OH excluding ortho intramolecular Hbond substituents is 1. The summed E-state index contributed by atoms with van der Waals surface area (Å²) in [4.78, 5) is 13.9. The molecular weight excluding hydrogens is 296 g/mol. The van der Waals surface area contributed by atoms with Crippen LogP contribution in [0.15, 0.2) is 22.7 Å². The van der Waals surface area contributed by atoms with Crippen molar-refractivity contribution >= 4 is 21.8 Å². The molecule has 1 amide bonds. The Morgan fingerprint density at radius 1 is 1.61 bits per heavy atom. The average Bonchev–Trinajstić information content (AvgIpc) is 2.84. The van der Waals surface area contributed by atoms with Crippen molar-refractivity contribution in [3.05, 3.63) is 28.2 Å². The summed E-state index contributed by atoms with van der Waals surface area (Å²) < 4.78 is 0.596. The van der Waals surface area contributed by atoms with Crippen LogP contribution in [0.25, 0.3) is 0 Å². The van der Waals surface area contributed by atoms with Crippen molar-refractivity contribution in [1.82, 2.24) is 10.2 Å². The predicted molar refractivity (Wildman–Crippen MR) is 73.8 cm³/mol. The molecule has 1 aliphatic heterocycles. The highest BCUT2D eigenvalue weighted by atomic mass is 79.9. The first-order valence-electron chi connectivity index (χ1n) is 6.05. The van der Waals surface area contributed by atoms with Gasteiger partial charge < -0.3 is 15.3 Å². The minimum atomic E-state index is -0.0634. The molecule has 0 aliphatic carbocycles. The van der Waals surface area contributed by atoms with Crippen LogP contribution in [0.3, 0.4) is 0 Å². The summed E-state index contributed by atoms with van der Waals surface area (Å²) in [5, 5.41) is 12.9. The van der Waals surface area contributed by atoms with E-state index in [2.05, 4.69) is 21.2 Å². The highest BCUT2D eigenvalue weighted by Gasteiger charge is 2.20. The largest absolute Gasteiger partial charge is 0.507 e. The molecule has 0 spiro atoms. The van der Waals surface area contributed by atoms with Gasteiger partial charge >= 0.3 is 0 Å². The predicted octanol–water partition coefficient (Wildman–Crippen LogP) is 1.98. The van der Waals surface area contributed by atoms with Crippen molar-refractivity contribution in [3.8, 4) is 5.75 Å². The number of carbonyl (C=O) groups is 1. The number of rotatable bonds is 3. The van der Waals surface area contributed by atoms with Crippen LogP contribution in [-0.2, 0) is 0 Å². The molecule has 98 valence electrons. The third kappa shape index (κ3) is 3.03. The number of hydrogen-bond acceptors (Lipinski definition) is 3. The number of phenols is 1. The first-order chi connectivity index (χ1) is 8.58. The number of carbonyl (C=O) groups excluding carboxylic acids is 1. The summed E-state index contributed by atoms with van der Waals surface area (Å²) in [5.74, 6) is 0.0275. The van der Waals surface area contributed by atoms with Crippen molar-refractivity contribution in [2.75, 3.05) is 20.1 Å². The summed E-state index contributed by atoms with van der Waals surface area (Å²) >= 11 is 3.20. The van der Waals surface area contributed by atoms with Crippen LogP contribution in [0.2, 0.25) is 0 Å². The molecule has 0 bridgehead atoms. The van der Waals surface area contributed by atoms with Crippen LogP contribution in [0, 0.1) is 0 Å². The van der Waals surface area contributed by atoms with Crippen LogP contribution in [0.4, 0.5) is 0 Å². The fourth-order valence-corrected chi connectivity index (χ4v) is 2.44. The molecule has 1 saturated heterocycles. The number of hydrogen-bond donors (Lipinski definition) is 2. The van der Waals surface area contributed by atoms with Gasteiger partial charge in [-0.25, -0.2) is 0 Å². The molecule has 1 heterocycles. The van der Waals surface area contributed by atoms with E-state index in [9.17, 15) is 9.90 Å². The molecule has 4 nitrogen and oxygen atoms in total. The molecule has 18 heavy (non-hydrogen) atoms. The van der Waals surface area contributed by atoms with Gasteiger partial charge in [0.05, 0.1) is 4.47 Å². The van der Waals surface area contributed by atoms with Crippen molar-refractivity contribution < 1.29 is 9.90 Å². The molecule has 1 aromatic carbocycles. The molecule has 1 unspecified atom stereocenters. The number of likely N-dealkylation sites (N-methyl/N-ethyl adjacent to an activating group) is 1. The lowest BCUT2D eigenvalue weighted by Gasteiger charge is -2.21. The smallest absolute Gasteiger partial charge is 0.253 e. The minimum Gasteiger partial charge on any atom is -0.507 e. The van der Waals surface area contributed by atoms with E-state index < -0.39 is 0 Å². The van der Waals surface area contributed by atoms with Crippen molar-refractivity contribution in [3.63, 3.8) is 0 Å². The van der Waals surface area contributed by atoms with E-state index in [0.717, 1.165) is 13.0 Å². The second-order valence-electron chi connectivity index (χ2n) is 4.65. The Hall–Kier alpha value is -1.07. The van der Waals surface area contributed by atoms with Crippen LogP contribution in [0.1, 0.15) is 23.2 Å².